The molecule has 0 atom stereocenters. The average molecular weight is 323 g/mol. The molecule has 2 rings (SSSR count). The summed E-state index contributed by atoms with van der Waals surface area (Å²) in [6.07, 6.45) is 0. The van der Waals surface area contributed by atoms with Gasteiger partial charge < -0.3 is 14.6 Å². The number of halogens is 1. The van der Waals surface area contributed by atoms with Gasteiger partial charge >= 0.3 is 0 Å². The van der Waals surface area contributed by atoms with E-state index in [2.05, 4.69) is 15.9 Å². The molecule has 0 saturated carbocycles. The highest BCUT2D eigenvalue weighted by molar-refractivity contribution is 9.10. The molecule has 0 fully saturated rings. The highest BCUT2D eigenvalue weighted by Gasteiger charge is 2.03. The molecule has 0 heterocycles. The Kier molecular flexibility index (Phi) is 4.82. The maximum atomic E-state index is 9.11. The van der Waals surface area contributed by atoms with Gasteiger partial charge in [0.25, 0.3) is 0 Å². The fourth-order valence-corrected chi connectivity index (χ4v) is 2.13. The fraction of sp³-hybridized carbons (Fsp3) is 0.200. The van der Waals surface area contributed by atoms with Crippen LogP contribution in [-0.4, -0.2) is 11.7 Å². The van der Waals surface area contributed by atoms with E-state index in [0.717, 1.165) is 21.5 Å². The molecule has 0 radical (unpaired) electrons. The van der Waals surface area contributed by atoms with Gasteiger partial charge in [-0.25, -0.2) is 0 Å². The van der Waals surface area contributed by atoms with Crippen LogP contribution in [0.4, 0.5) is 0 Å². The second-order valence-electron chi connectivity index (χ2n) is 3.92. The van der Waals surface area contributed by atoms with Gasteiger partial charge in [0.05, 0.1) is 13.2 Å². The number of ether oxygens (including phenoxy) is 2. The molecule has 0 aromatic heterocycles. The monoisotopic (exact) mass is 322 g/mol. The van der Waals surface area contributed by atoms with Crippen LogP contribution in [-0.2, 0) is 6.61 Å². The topological polar surface area (TPSA) is 38.7 Å². The van der Waals surface area contributed by atoms with Gasteiger partial charge in [0.1, 0.15) is 17.2 Å². The van der Waals surface area contributed by atoms with E-state index in [0.29, 0.717) is 12.4 Å². The predicted molar refractivity (Wildman–Crippen MR) is 77.7 cm³/mol. The van der Waals surface area contributed by atoms with Crippen molar-refractivity contribution >= 4 is 15.9 Å². The SMILES string of the molecule is CCOc1cccc(Oc2ccc(CO)c(Br)c2)c1. The van der Waals surface area contributed by atoms with Crippen molar-refractivity contribution in [2.24, 2.45) is 0 Å². The van der Waals surface area contributed by atoms with Crippen LogP contribution in [0.5, 0.6) is 17.2 Å². The Morgan fingerprint density at radius 1 is 1.05 bits per heavy atom. The van der Waals surface area contributed by atoms with Crippen LogP contribution < -0.4 is 9.47 Å². The largest absolute Gasteiger partial charge is 0.494 e. The summed E-state index contributed by atoms with van der Waals surface area (Å²) in [7, 11) is 0. The summed E-state index contributed by atoms with van der Waals surface area (Å²) in [6.45, 7) is 2.57. The minimum atomic E-state index is 0.000683. The first-order valence-electron chi connectivity index (χ1n) is 6.03. The van der Waals surface area contributed by atoms with E-state index in [1.807, 2.05) is 49.4 Å². The molecule has 3 nitrogen and oxygen atoms in total. The quantitative estimate of drug-likeness (QED) is 0.899. The van der Waals surface area contributed by atoms with E-state index >= 15 is 0 Å². The lowest BCUT2D eigenvalue weighted by molar-refractivity contribution is 0.281. The van der Waals surface area contributed by atoms with Crippen LogP contribution in [0.1, 0.15) is 12.5 Å². The third kappa shape index (κ3) is 3.72. The fourth-order valence-electron chi connectivity index (χ4n) is 1.65. The van der Waals surface area contributed by atoms with Crippen LogP contribution >= 0.6 is 15.9 Å². The molecule has 2 aromatic carbocycles. The highest BCUT2D eigenvalue weighted by Crippen LogP contribution is 2.29. The maximum Gasteiger partial charge on any atom is 0.131 e. The number of hydrogen-bond acceptors (Lipinski definition) is 3. The van der Waals surface area contributed by atoms with E-state index < -0.39 is 0 Å². The summed E-state index contributed by atoms with van der Waals surface area (Å²) in [6, 6.07) is 13.0. The first-order valence-corrected chi connectivity index (χ1v) is 6.82. The summed E-state index contributed by atoms with van der Waals surface area (Å²) < 4.78 is 12.0. The lowest BCUT2D eigenvalue weighted by Crippen LogP contribution is -1.92. The Balaban J connectivity index is 2.16. The molecule has 100 valence electrons. The van der Waals surface area contributed by atoms with Crippen LogP contribution in [0.25, 0.3) is 0 Å². The maximum absolute atomic E-state index is 9.11. The number of benzene rings is 2. The van der Waals surface area contributed by atoms with E-state index in [1.165, 1.54) is 0 Å². The molecule has 1 N–H and O–H groups in total. The summed E-state index contributed by atoms with van der Waals surface area (Å²) in [5.41, 5.74) is 0.829. The van der Waals surface area contributed by atoms with Crippen molar-refractivity contribution in [1.82, 2.24) is 0 Å². The molecule has 0 aliphatic heterocycles. The molecule has 0 aliphatic rings. The second kappa shape index (κ2) is 6.59. The first-order chi connectivity index (χ1) is 9.22. The molecule has 0 saturated heterocycles. The summed E-state index contributed by atoms with van der Waals surface area (Å²) in [5.74, 6) is 2.21. The number of aliphatic hydroxyl groups is 1. The van der Waals surface area contributed by atoms with Crippen molar-refractivity contribution in [1.29, 1.82) is 0 Å². The van der Waals surface area contributed by atoms with Gasteiger partial charge in [0, 0.05) is 10.5 Å². The zero-order valence-corrected chi connectivity index (χ0v) is 12.2. The molecule has 0 unspecified atom stereocenters. The number of aliphatic hydroxyl groups excluding tert-OH is 1. The van der Waals surface area contributed by atoms with Gasteiger partial charge in [-0.15, -0.1) is 0 Å². The molecule has 0 amide bonds. The smallest absolute Gasteiger partial charge is 0.131 e. The third-order valence-corrected chi connectivity index (χ3v) is 3.29. The van der Waals surface area contributed by atoms with Crippen molar-refractivity contribution in [2.75, 3.05) is 6.61 Å². The zero-order valence-electron chi connectivity index (χ0n) is 10.6. The minimum absolute atomic E-state index is 0.000683. The summed E-state index contributed by atoms with van der Waals surface area (Å²) in [4.78, 5) is 0. The Bertz CT molecular complexity index is 555. The lowest BCUT2D eigenvalue weighted by atomic mass is 10.2. The predicted octanol–water partition coefficient (Wildman–Crippen LogP) is 4.13. The third-order valence-electron chi connectivity index (χ3n) is 2.55. The van der Waals surface area contributed by atoms with Crippen molar-refractivity contribution in [2.45, 2.75) is 13.5 Å². The summed E-state index contributed by atoms with van der Waals surface area (Å²) in [5, 5.41) is 9.11. The molecule has 19 heavy (non-hydrogen) atoms. The van der Waals surface area contributed by atoms with Gasteiger partial charge in [-0.2, -0.15) is 0 Å². The minimum Gasteiger partial charge on any atom is -0.494 e. The molecule has 4 heteroatoms. The molecule has 0 spiro atoms. The average Bonchev–Trinajstić information content (AvgIpc) is 2.40. The first kappa shape index (κ1) is 13.9. The van der Waals surface area contributed by atoms with E-state index in [1.54, 1.807) is 0 Å². The van der Waals surface area contributed by atoms with E-state index in [-0.39, 0.29) is 6.61 Å². The lowest BCUT2D eigenvalue weighted by Gasteiger charge is -2.09. The molecular weight excluding hydrogens is 308 g/mol. The molecule has 0 bridgehead atoms. The highest BCUT2D eigenvalue weighted by atomic mass is 79.9. The standard InChI is InChI=1S/C15H15BrO3/c1-2-18-12-4-3-5-13(8-12)19-14-7-6-11(10-17)15(16)9-14/h3-9,17H,2,10H2,1H3. The molecular formula is C15H15BrO3. The Hall–Kier alpha value is -1.52. The van der Waals surface area contributed by atoms with Crippen molar-refractivity contribution in [3.05, 3.63) is 52.5 Å². The zero-order chi connectivity index (χ0) is 13.7. The van der Waals surface area contributed by atoms with Crippen LogP contribution in [0.2, 0.25) is 0 Å². The van der Waals surface area contributed by atoms with Gasteiger partial charge in [0.2, 0.25) is 0 Å². The van der Waals surface area contributed by atoms with Crippen molar-refractivity contribution < 1.29 is 14.6 Å². The van der Waals surface area contributed by atoms with Gasteiger partial charge in [-0.1, -0.05) is 28.1 Å². The van der Waals surface area contributed by atoms with Crippen LogP contribution in [0, 0.1) is 0 Å². The van der Waals surface area contributed by atoms with Crippen molar-refractivity contribution in [3.63, 3.8) is 0 Å². The number of rotatable bonds is 5. The van der Waals surface area contributed by atoms with Gasteiger partial charge in [0.15, 0.2) is 0 Å². The molecule has 0 aliphatic carbocycles. The Labute approximate surface area is 120 Å². The van der Waals surface area contributed by atoms with E-state index in [9.17, 15) is 0 Å². The summed E-state index contributed by atoms with van der Waals surface area (Å²) >= 11 is 3.40. The van der Waals surface area contributed by atoms with E-state index in [4.69, 9.17) is 14.6 Å². The van der Waals surface area contributed by atoms with Crippen molar-refractivity contribution in [3.8, 4) is 17.2 Å². The van der Waals surface area contributed by atoms with Crippen LogP contribution in [0.15, 0.2) is 46.9 Å². The van der Waals surface area contributed by atoms with Gasteiger partial charge in [-0.3, -0.25) is 0 Å². The van der Waals surface area contributed by atoms with Gasteiger partial charge in [-0.05, 0) is 36.8 Å². The Morgan fingerprint density at radius 3 is 2.47 bits per heavy atom. The number of hydrogen-bond donors (Lipinski definition) is 1. The normalized spacial score (nSPS) is 10.3. The molecule has 2 aromatic rings. The van der Waals surface area contributed by atoms with Crippen LogP contribution in [0.3, 0.4) is 0 Å². The second-order valence-corrected chi connectivity index (χ2v) is 4.78. The Morgan fingerprint density at radius 2 is 1.79 bits per heavy atom.